The van der Waals surface area contributed by atoms with Gasteiger partial charge in [-0.3, -0.25) is 0 Å². The van der Waals surface area contributed by atoms with Gasteiger partial charge < -0.3 is 4.74 Å². The van der Waals surface area contributed by atoms with Gasteiger partial charge in [0.2, 0.25) is 0 Å². The SMILES string of the molecule is Cc1c(C)c(P(c2ccccc2)c2ccccc2)c(P(c2ccccc2)c2ccccc2)c2c1Oc1ccccc1C2. The maximum absolute atomic E-state index is 6.82. The molecule has 0 aromatic heterocycles. The predicted octanol–water partition coefficient (Wildman–Crippen LogP) is 7.52. The highest BCUT2D eigenvalue weighted by Crippen LogP contribution is 2.47. The van der Waals surface area contributed by atoms with Gasteiger partial charge in [-0.2, -0.15) is 0 Å². The van der Waals surface area contributed by atoms with E-state index in [2.05, 4.69) is 159 Å². The zero-order valence-electron chi connectivity index (χ0n) is 23.9. The Bertz CT molecular complexity index is 1760. The fraction of sp³-hybridized carbons (Fsp3) is 0.0769. The maximum atomic E-state index is 6.82. The minimum atomic E-state index is -0.876. The quantitative estimate of drug-likeness (QED) is 0.186. The molecular weight excluding hydrogens is 546 g/mol. The second-order valence-corrected chi connectivity index (χ2v) is 15.0. The molecular formula is C39H32OP2. The van der Waals surface area contributed by atoms with Crippen molar-refractivity contribution in [2.75, 3.05) is 0 Å². The molecule has 0 saturated carbocycles. The molecule has 1 aliphatic heterocycles. The number of hydrogen-bond acceptors (Lipinski definition) is 1. The third kappa shape index (κ3) is 4.88. The van der Waals surface area contributed by atoms with Crippen LogP contribution in [0.4, 0.5) is 0 Å². The highest BCUT2D eigenvalue weighted by molar-refractivity contribution is 7.85. The Morgan fingerprint density at radius 1 is 0.452 bits per heavy atom. The van der Waals surface area contributed by atoms with Crippen LogP contribution in [0.15, 0.2) is 146 Å². The molecule has 1 heterocycles. The van der Waals surface area contributed by atoms with Crippen molar-refractivity contribution in [1.29, 1.82) is 0 Å². The predicted molar refractivity (Wildman–Crippen MR) is 183 cm³/mol. The number of benzene rings is 6. The number of ether oxygens (including phenoxy) is 1. The monoisotopic (exact) mass is 578 g/mol. The smallest absolute Gasteiger partial charge is 0.134 e. The van der Waals surface area contributed by atoms with E-state index in [1.807, 2.05) is 0 Å². The van der Waals surface area contributed by atoms with Crippen LogP contribution in [-0.2, 0) is 6.42 Å². The first-order valence-electron chi connectivity index (χ1n) is 14.4. The zero-order valence-corrected chi connectivity index (χ0v) is 25.7. The van der Waals surface area contributed by atoms with Crippen molar-refractivity contribution in [1.82, 2.24) is 0 Å². The van der Waals surface area contributed by atoms with Crippen LogP contribution in [0.2, 0.25) is 0 Å². The summed E-state index contributed by atoms with van der Waals surface area (Å²) in [6.07, 6.45) is 0.861. The molecule has 42 heavy (non-hydrogen) atoms. The molecule has 0 aliphatic carbocycles. The average molecular weight is 579 g/mol. The second kappa shape index (κ2) is 11.7. The number of fused-ring (bicyclic) bond motifs is 2. The van der Waals surface area contributed by atoms with Crippen molar-refractivity contribution in [2.45, 2.75) is 20.3 Å². The molecule has 0 unspecified atom stereocenters. The summed E-state index contributed by atoms with van der Waals surface area (Å²) in [5, 5.41) is 8.39. The van der Waals surface area contributed by atoms with Gasteiger partial charge in [-0.25, -0.2) is 0 Å². The van der Waals surface area contributed by atoms with E-state index in [-0.39, 0.29) is 0 Å². The van der Waals surface area contributed by atoms with Gasteiger partial charge in [-0.15, -0.1) is 0 Å². The van der Waals surface area contributed by atoms with Gasteiger partial charge in [0.15, 0.2) is 0 Å². The molecule has 0 atom stereocenters. The van der Waals surface area contributed by atoms with Crippen LogP contribution in [0, 0.1) is 13.8 Å². The molecule has 0 N–H and O–H groups in total. The summed E-state index contributed by atoms with van der Waals surface area (Å²) in [5.41, 5.74) is 5.17. The summed E-state index contributed by atoms with van der Waals surface area (Å²) in [7, 11) is -1.72. The van der Waals surface area contributed by atoms with E-state index in [0.717, 1.165) is 17.9 Å². The highest BCUT2D eigenvalue weighted by Gasteiger charge is 2.35. The van der Waals surface area contributed by atoms with Crippen molar-refractivity contribution in [3.8, 4) is 11.5 Å². The number of rotatable bonds is 6. The topological polar surface area (TPSA) is 9.23 Å². The Hall–Kier alpha value is -4.02. The number of para-hydroxylation sites is 1. The molecule has 7 rings (SSSR count). The van der Waals surface area contributed by atoms with E-state index in [9.17, 15) is 0 Å². The Morgan fingerprint density at radius 3 is 1.33 bits per heavy atom. The lowest BCUT2D eigenvalue weighted by molar-refractivity contribution is 0.457. The van der Waals surface area contributed by atoms with Crippen molar-refractivity contribution in [3.05, 3.63) is 168 Å². The molecule has 3 heteroatoms. The summed E-state index contributed by atoms with van der Waals surface area (Å²) in [4.78, 5) is 0. The van der Waals surface area contributed by atoms with Gasteiger partial charge in [0.05, 0.1) is 0 Å². The third-order valence-corrected chi connectivity index (χ3v) is 13.5. The molecule has 0 saturated heterocycles. The van der Waals surface area contributed by atoms with Gasteiger partial charge in [0.1, 0.15) is 11.5 Å². The second-order valence-electron chi connectivity index (χ2n) is 10.7. The first kappa shape index (κ1) is 26.9. The maximum Gasteiger partial charge on any atom is 0.134 e. The molecule has 204 valence electrons. The largest absolute Gasteiger partial charge is 0.456 e. The van der Waals surface area contributed by atoms with E-state index in [1.165, 1.54) is 54.1 Å². The van der Waals surface area contributed by atoms with Gasteiger partial charge >= 0.3 is 0 Å². The van der Waals surface area contributed by atoms with Crippen molar-refractivity contribution in [3.63, 3.8) is 0 Å². The minimum absolute atomic E-state index is 0.839. The molecule has 0 amide bonds. The van der Waals surface area contributed by atoms with Crippen LogP contribution in [0.5, 0.6) is 11.5 Å². The van der Waals surface area contributed by atoms with Crippen LogP contribution in [0.3, 0.4) is 0 Å². The van der Waals surface area contributed by atoms with Crippen LogP contribution >= 0.6 is 15.8 Å². The van der Waals surface area contributed by atoms with Gasteiger partial charge in [-0.05, 0) is 79.0 Å². The van der Waals surface area contributed by atoms with Crippen LogP contribution in [0.25, 0.3) is 0 Å². The minimum Gasteiger partial charge on any atom is -0.456 e. The van der Waals surface area contributed by atoms with Crippen molar-refractivity contribution in [2.24, 2.45) is 0 Å². The summed E-state index contributed by atoms with van der Waals surface area (Å²) >= 11 is 0. The lowest BCUT2D eigenvalue weighted by Crippen LogP contribution is -2.39. The van der Waals surface area contributed by atoms with E-state index in [0.29, 0.717) is 0 Å². The highest BCUT2D eigenvalue weighted by atomic mass is 31.1. The fourth-order valence-electron chi connectivity index (χ4n) is 5.99. The third-order valence-electron chi connectivity index (χ3n) is 8.10. The normalized spacial score (nSPS) is 12.1. The molecule has 6 aromatic carbocycles. The van der Waals surface area contributed by atoms with E-state index < -0.39 is 15.8 Å². The molecule has 0 radical (unpaired) electrons. The van der Waals surface area contributed by atoms with E-state index in [4.69, 9.17) is 4.74 Å². The summed E-state index contributed by atoms with van der Waals surface area (Å²) in [6.45, 7) is 4.58. The zero-order chi connectivity index (χ0) is 28.5. The van der Waals surface area contributed by atoms with Gasteiger partial charge in [0.25, 0.3) is 0 Å². The van der Waals surface area contributed by atoms with E-state index in [1.54, 1.807) is 0 Å². The fourth-order valence-corrected chi connectivity index (χ4v) is 11.8. The Labute approximate surface area is 251 Å². The Morgan fingerprint density at radius 2 is 0.857 bits per heavy atom. The summed E-state index contributed by atoms with van der Waals surface area (Å²) in [6, 6.07) is 53.0. The van der Waals surface area contributed by atoms with Crippen LogP contribution in [-0.4, -0.2) is 0 Å². The standard InChI is InChI=1S/C39H32OP2/c1-28-29(2)38(41(31-18-7-3-8-19-31)32-20-9-4-10-21-32)39(35-27-30-17-15-16-26-36(30)40-37(28)35)42(33-22-11-5-12-23-33)34-24-13-6-14-25-34/h3-26H,27H2,1-2H3. The van der Waals surface area contributed by atoms with Crippen molar-refractivity contribution < 1.29 is 4.74 Å². The molecule has 0 spiro atoms. The molecule has 1 aliphatic rings. The lowest BCUT2D eigenvalue weighted by atomic mass is 9.95. The molecule has 0 fully saturated rings. The van der Waals surface area contributed by atoms with E-state index >= 15 is 0 Å². The Balaban J connectivity index is 1.61. The first-order valence-corrected chi connectivity index (χ1v) is 17.1. The van der Waals surface area contributed by atoms with Gasteiger partial charge in [0, 0.05) is 17.3 Å². The average Bonchev–Trinajstić information content (AvgIpc) is 3.06. The molecule has 6 aromatic rings. The van der Waals surface area contributed by atoms with Crippen LogP contribution < -0.4 is 36.6 Å². The summed E-state index contributed by atoms with van der Waals surface area (Å²) < 4.78 is 6.82. The van der Waals surface area contributed by atoms with Crippen molar-refractivity contribution >= 4 is 47.7 Å². The molecule has 1 nitrogen and oxygen atoms in total. The molecule has 0 bridgehead atoms. The summed E-state index contributed by atoms with van der Waals surface area (Å²) in [5.74, 6) is 2.02. The number of hydrogen-bond donors (Lipinski definition) is 0. The van der Waals surface area contributed by atoms with Gasteiger partial charge in [-0.1, -0.05) is 140 Å². The lowest BCUT2D eigenvalue weighted by Gasteiger charge is -2.35. The first-order chi connectivity index (χ1) is 20.7. The van der Waals surface area contributed by atoms with Crippen LogP contribution in [0.1, 0.15) is 22.3 Å². The Kier molecular flexibility index (Phi) is 7.48.